The minimum Gasteiger partial charge on any atom is -0.312 e. The maximum Gasteiger partial charge on any atom is 0.0239 e. The molecule has 0 aliphatic carbocycles. The Morgan fingerprint density at radius 2 is 2.14 bits per heavy atom. The van der Waals surface area contributed by atoms with Gasteiger partial charge >= 0.3 is 0 Å². The van der Waals surface area contributed by atoms with Crippen LogP contribution in [-0.2, 0) is 6.42 Å². The molecule has 2 unspecified atom stereocenters. The summed E-state index contributed by atoms with van der Waals surface area (Å²) in [6.07, 6.45) is 1.19. The van der Waals surface area contributed by atoms with Crippen LogP contribution in [0.1, 0.15) is 12.5 Å². The van der Waals surface area contributed by atoms with Crippen molar-refractivity contribution in [1.29, 1.82) is 0 Å². The highest BCUT2D eigenvalue weighted by Gasteiger charge is 2.21. The molecule has 1 saturated heterocycles. The summed E-state index contributed by atoms with van der Waals surface area (Å²) in [7, 11) is 0. The van der Waals surface area contributed by atoms with Gasteiger partial charge in [-0.25, -0.2) is 0 Å². The average Bonchev–Trinajstić information content (AvgIpc) is 2.23. The first-order valence-corrected chi connectivity index (χ1v) is 6.30. The van der Waals surface area contributed by atoms with Gasteiger partial charge in [0, 0.05) is 23.6 Å². The van der Waals surface area contributed by atoms with E-state index in [4.69, 9.17) is 0 Å². The van der Waals surface area contributed by atoms with E-state index in [2.05, 4.69) is 54.3 Å². The molecule has 0 bridgehead atoms. The zero-order valence-electron chi connectivity index (χ0n) is 8.57. The fourth-order valence-corrected chi connectivity index (χ4v) is 3.09. The molecule has 1 N–H and O–H groups in total. The highest BCUT2D eigenvalue weighted by molar-refractivity contribution is 8.00. The van der Waals surface area contributed by atoms with Crippen LogP contribution in [0.15, 0.2) is 30.3 Å². The highest BCUT2D eigenvalue weighted by Crippen LogP contribution is 2.22. The van der Waals surface area contributed by atoms with Crippen LogP contribution in [0, 0.1) is 0 Å². The van der Waals surface area contributed by atoms with E-state index in [0.717, 1.165) is 11.8 Å². The molecule has 14 heavy (non-hydrogen) atoms. The summed E-state index contributed by atoms with van der Waals surface area (Å²) in [6.45, 7) is 3.46. The Morgan fingerprint density at radius 1 is 1.36 bits per heavy atom. The SMILES string of the molecule is CC1NCCSC1Cc1ccccc1. The highest BCUT2D eigenvalue weighted by atomic mass is 32.2. The van der Waals surface area contributed by atoms with Crippen LogP contribution in [0.5, 0.6) is 0 Å². The second kappa shape index (κ2) is 4.85. The molecule has 1 heterocycles. The lowest BCUT2D eigenvalue weighted by Gasteiger charge is -2.29. The van der Waals surface area contributed by atoms with Crippen molar-refractivity contribution in [1.82, 2.24) is 5.32 Å². The number of hydrogen-bond donors (Lipinski definition) is 1. The summed E-state index contributed by atoms with van der Waals surface area (Å²) in [6, 6.07) is 11.4. The molecule has 0 amide bonds. The van der Waals surface area contributed by atoms with Gasteiger partial charge in [0.15, 0.2) is 0 Å². The van der Waals surface area contributed by atoms with Crippen molar-refractivity contribution >= 4 is 11.8 Å². The molecule has 1 aliphatic heterocycles. The van der Waals surface area contributed by atoms with Crippen LogP contribution >= 0.6 is 11.8 Å². The monoisotopic (exact) mass is 207 g/mol. The third-order valence-corrected chi connectivity index (χ3v) is 4.18. The number of thioether (sulfide) groups is 1. The topological polar surface area (TPSA) is 12.0 Å². The van der Waals surface area contributed by atoms with Crippen LogP contribution in [-0.4, -0.2) is 23.6 Å². The van der Waals surface area contributed by atoms with Gasteiger partial charge in [-0.1, -0.05) is 30.3 Å². The van der Waals surface area contributed by atoms with E-state index < -0.39 is 0 Å². The fraction of sp³-hybridized carbons (Fsp3) is 0.500. The second-order valence-electron chi connectivity index (χ2n) is 3.84. The Balaban J connectivity index is 1.96. The molecule has 0 aromatic heterocycles. The van der Waals surface area contributed by atoms with Crippen LogP contribution in [0.4, 0.5) is 0 Å². The molecule has 0 radical (unpaired) electrons. The molecule has 1 aromatic rings. The third kappa shape index (κ3) is 2.52. The lowest BCUT2D eigenvalue weighted by Crippen LogP contribution is -2.42. The summed E-state index contributed by atoms with van der Waals surface area (Å²) < 4.78 is 0. The molecular weight excluding hydrogens is 190 g/mol. The standard InChI is InChI=1S/C12H17NS/c1-10-12(14-8-7-13-10)9-11-5-3-2-4-6-11/h2-6,10,12-13H,7-9H2,1H3. The molecule has 0 saturated carbocycles. The first-order valence-electron chi connectivity index (χ1n) is 5.25. The predicted octanol–water partition coefficient (Wildman–Crippen LogP) is 2.32. The lowest BCUT2D eigenvalue weighted by molar-refractivity contribution is 0.529. The van der Waals surface area contributed by atoms with Gasteiger partial charge in [-0.3, -0.25) is 0 Å². The first kappa shape index (κ1) is 10.1. The Labute approximate surface area is 90.3 Å². The smallest absolute Gasteiger partial charge is 0.0239 e. The fourth-order valence-electron chi connectivity index (χ4n) is 1.85. The van der Waals surface area contributed by atoms with Crippen LogP contribution in [0.2, 0.25) is 0 Å². The summed E-state index contributed by atoms with van der Waals surface area (Å²) >= 11 is 2.10. The molecule has 1 fully saturated rings. The van der Waals surface area contributed by atoms with E-state index in [1.807, 2.05) is 0 Å². The van der Waals surface area contributed by atoms with Gasteiger partial charge in [-0.05, 0) is 18.9 Å². The Kier molecular flexibility index (Phi) is 3.49. The molecular formula is C12H17NS. The first-order chi connectivity index (χ1) is 6.86. The van der Waals surface area contributed by atoms with E-state index in [-0.39, 0.29) is 0 Å². The number of nitrogens with one attached hydrogen (secondary N) is 1. The van der Waals surface area contributed by atoms with Crippen molar-refractivity contribution in [3.8, 4) is 0 Å². The van der Waals surface area contributed by atoms with Gasteiger partial charge in [-0.2, -0.15) is 11.8 Å². The normalized spacial score (nSPS) is 27.5. The van der Waals surface area contributed by atoms with E-state index >= 15 is 0 Å². The number of rotatable bonds is 2. The zero-order chi connectivity index (χ0) is 9.80. The molecule has 2 heteroatoms. The Hall–Kier alpha value is -0.470. The van der Waals surface area contributed by atoms with Crippen molar-refractivity contribution in [2.45, 2.75) is 24.6 Å². The molecule has 1 aliphatic rings. The van der Waals surface area contributed by atoms with Crippen molar-refractivity contribution in [3.05, 3.63) is 35.9 Å². The summed E-state index contributed by atoms with van der Waals surface area (Å²) in [5.74, 6) is 1.25. The Morgan fingerprint density at radius 3 is 2.86 bits per heavy atom. The van der Waals surface area contributed by atoms with Gasteiger partial charge < -0.3 is 5.32 Å². The third-order valence-electron chi connectivity index (χ3n) is 2.74. The summed E-state index contributed by atoms with van der Waals surface area (Å²) in [4.78, 5) is 0. The maximum atomic E-state index is 3.53. The van der Waals surface area contributed by atoms with Gasteiger partial charge in [-0.15, -0.1) is 0 Å². The van der Waals surface area contributed by atoms with Gasteiger partial charge in [0.1, 0.15) is 0 Å². The molecule has 1 nitrogen and oxygen atoms in total. The van der Waals surface area contributed by atoms with Gasteiger partial charge in [0.05, 0.1) is 0 Å². The minimum absolute atomic E-state index is 0.647. The van der Waals surface area contributed by atoms with Gasteiger partial charge in [0.25, 0.3) is 0 Å². The van der Waals surface area contributed by atoms with Crippen LogP contribution < -0.4 is 5.32 Å². The quantitative estimate of drug-likeness (QED) is 0.799. The summed E-state index contributed by atoms with van der Waals surface area (Å²) in [5, 5.41) is 4.27. The van der Waals surface area contributed by atoms with E-state index in [1.165, 1.54) is 17.7 Å². The van der Waals surface area contributed by atoms with Crippen molar-refractivity contribution in [2.24, 2.45) is 0 Å². The van der Waals surface area contributed by atoms with Crippen LogP contribution in [0.3, 0.4) is 0 Å². The molecule has 0 spiro atoms. The minimum atomic E-state index is 0.647. The molecule has 76 valence electrons. The largest absolute Gasteiger partial charge is 0.312 e. The predicted molar refractivity (Wildman–Crippen MR) is 63.9 cm³/mol. The van der Waals surface area contributed by atoms with E-state index in [1.54, 1.807) is 0 Å². The van der Waals surface area contributed by atoms with E-state index in [9.17, 15) is 0 Å². The Bertz CT molecular complexity index is 273. The molecule has 1 aromatic carbocycles. The molecule has 2 atom stereocenters. The number of benzene rings is 1. The van der Waals surface area contributed by atoms with Crippen LogP contribution in [0.25, 0.3) is 0 Å². The number of hydrogen-bond acceptors (Lipinski definition) is 2. The average molecular weight is 207 g/mol. The summed E-state index contributed by atoms with van der Waals surface area (Å²) in [5.41, 5.74) is 1.46. The second-order valence-corrected chi connectivity index (χ2v) is 5.19. The zero-order valence-corrected chi connectivity index (χ0v) is 9.39. The van der Waals surface area contributed by atoms with Crippen molar-refractivity contribution < 1.29 is 0 Å². The lowest BCUT2D eigenvalue weighted by atomic mass is 10.1. The maximum absolute atomic E-state index is 3.53. The van der Waals surface area contributed by atoms with Crippen molar-refractivity contribution in [3.63, 3.8) is 0 Å². The van der Waals surface area contributed by atoms with Gasteiger partial charge in [0.2, 0.25) is 0 Å². The van der Waals surface area contributed by atoms with Crippen molar-refractivity contribution in [2.75, 3.05) is 12.3 Å². The molecule has 2 rings (SSSR count). The van der Waals surface area contributed by atoms with E-state index in [0.29, 0.717) is 6.04 Å².